The van der Waals surface area contributed by atoms with Gasteiger partial charge in [0, 0.05) is 24.0 Å². The van der Waals surface area contributed by atoms with Crippen molar-refractivity contribution in [2.24, 2.45) is 0 Å². The molecule has 0 amide bonds. The van der Waals surface area contributed by atoms with Crippen LogP contribution in [-0.2, 0) is 0 Å². The Morgan fingerprint density at radius 2 is 2.20 bits per heavy atom. The SMILES string of the molecule is c1coc(-c2c(-c3ncc[nH]3)n[nH]c2-c2nccs2)c1. The third-order valence-corrected chi connectivity index (χ3v) is 3.69. The molecule has 0 aromatic carbocycles. The number of furan rings is 1. The first-order valence-corrected chi connectivity index (χ1v) is 6.83. The summed E-state index contributed by atoms with van der Waals surface area (Å²) in [4.78, 5) is 11.6. The van der Waals surface area contributed by atoms with Crippen LogP contribution in [-0.4, -0.2) is 25.1 Å². The molecule has 20 heavy (non-hydrogen) atoms. The Kier molecular flexibility index (Phi) is 2.49. The number of H-pyrrole nitrogens is 2. The van der Waals surface area contributed by atoms with Crippen LogP contribution in [0.1, 0.15) is 0 Å². The number of rotatable bonds is 3. The number of thiazole rings is 1. The summed E-state index contributed by atoms with van der Waals surface area (Å²) in [5, 5.41) is 10.2. The van der Waals surface area contributed by atoms with Crippen LogP contribution in [0.2, 0.25) is 0 Å². The van der Waals surface area contributed by atoms with Crippen LogP contribution in [0.5, 0.6) is 0 Å². The highest BCUT2D eigenvalue weighted by Gasteiger charge is 2.22. The molecule has 0 saturated heterocycles. The molecule has 98 valence electrons. The van der Waals surface area contributed by atoms with E-state index in [1.165, 1.54) is 0 Å². The fraction of sp³-hybridized carbons (Fsp3) is 0. The first kappa shape index (κ1) is 11.2. The van der Waals surface area contributed by atoms with E-state index in [0.29, 0.717) is 5.82 Å². The first-order valence-electron chi connectivity index (χ1n) is 5.95. The maximum Gasteiger partial charge on any atom is 0.158 e. The van der Waals surface area contributed by atoms with E-state index in [0.717, 1.165) is 27.7 Å². The molecular formula is C13H9N5OS. The van der Waals surface area contributed by atoms with Crippen LogP contribution in [0.15, 0.2) is 46.8 Å². The van der Waals surface area contributed by atoms with Crippen molar-refractivity contribution >= 4 is 11.3 Å². The summed E-state index contributed by atoms with van der Waals surface area (Å²) in [5.74, 6) is 1.42. The maximum atomic E-state index is 5.53. The third-order valence-electron chi connectivity index (χ3n) is 2.90. The lowest BCUT2D eigenvalue weighted by Gasteiger charge is -1.99. The number of aromatic nitrogens is 5. The van der Waals surface area contributed by atoms with Gasteiger partial charge in [0.25, 0.3) is 0 Å². The molecule has 0 aliphatic carbocycles. The molecule has 4 heterocycles. The molecule has 4 aromatic rings. The molecule has 7 heteroatoms. The van der Waals surface area contributed by atoms with Crippen molar-refractivity contribution in [2.75, 3.05) is 0 Å². The zero-order chi connectivity index (χ0) is 13.4. The number of nitrogens with one attached hydrogen (secondary N) is 2. The van der Waals surface area contributed by atoms with Gasteiger partial charge in [-0.3, -0.25) is 5.10 Å². The van der Waals surface area contributed by atoms with Crippen molar-refractivity contribution in [3.63, 3.8) is 0 Å². The van der Waals surface area contributed by atoms with Gasteiger partial charge in [-0.1, -0.05) is 0 Å². The molecular weight excluding hydrogens is 274 g/mol. The Bertz CT molecular complexity index is 748. The molecule has 0 spiro atoms. The van der Waals surface area contributed by atoms with E-state index in [4.69, 9.17) is 4.42 Å². The van der Waals surface area contributed by atoms with Gasteiger partial charge in [0.2, 0.25) is 0 Å². The van der Waals surface area contributed by atoms with E-state index in [1.54, 1.807) is 36.2 Å². The van der Waals surface area contributed by atoms with E-state index < -0.39 is 0 Å². The third kappa shape index (κ3) is 1.68. The maximum absolute atomic E-state index is 5.53. The zero-order valence-electron chi connectivity index (χ0n) is 10.2. The predicted molar refractivity (Wildman–Crippen MR) is 75.0 cm³/mol. The van der Waals surface area contributed by atoms with Crippen molar-refractivity contribution in [1.82, 2.24) is 25.1 Å². The van der Waals surface area contributed by atoms with Gasteiger partial charge >= 0.3 is 0 Å². The van der Waals surface area contributed by atoms with Crippen LogP contribution in [0, 0.1) is 0 Å². The lowest BCUT2D eigenvalue weighted by Crippen LogP contribution is -1.84. The summed E-state index contributed by atoms with van der Waals surface area (Å²) < 4.78 is 5.53. The topological polar surface area (TPSA) is 83.4 Å². The fourth-order valence-corrected chi connectivity index (χ4v) is 2.71. The number of nitrogens with zero attached hydrogens (tertiary/aromatic N) is 3. The lowest BCUT2D eigenvalue weighted by atomic mass is 10.1. The van der Waals surface area contributed by atoms with Gasteiger partial charge in [-0.25, -0.2) is 9.97 Å². The summed E-state index contributed by atoms with van der Waals surface area (Å²) in [6.45, 7) is 0. The number of aromatic amines is 2. The molecule has 0 fully saturated rings. The minimum atomic E-state index is 0.690. The largest absolute Gasteiger partial charge is 0.464 e. The Morgan fingerprint density at radius 1 is 1.20 bits per heavy atom. The highest BCUT2D eigenvalue weighted by molar-refractivity contribution is 7.13. The van der Waals surface area contributed by atoms with Gasteiger partial charge in [0.1, 0.15) is 22.2 Å². The molecule has 0 bridgehead atoms. The fourth-order valence-electron chi connectivity index (χ4n) is 2.07. The van der Waals surface area contributed by atoms with Crippen LogP contribution in [0.4, 0.5) is 0 Å². The van der Waals surface area contributed by atoms with Crippen LogP contribution in [0.3, 0.4) is 0 Å². The molecule has 0 aliphatic heterocycles. The van der Waals surface area contributed by atoms with Gasteiger partial charge in [-0.05, 0) is 12.1 Å². The smallest absolute Gasteiger partial charge is 0.158 e. The average Bonchev–Trinajstić information content (AvgIpc) is 3.23. The van der Waals surface area contributed by atoms with Gasteiger partial charge in [-0.15, -0.1) is 11.3 Å². The van der Waals surface area contributed by atoms with Crippen molar-refractivity contribution < 1.29 is 4.42 Å². The Balaban J connectivity index is 1.98. The quantitative estimate of drug-likeness (QED) is 0.605. The first-order chi connectivity index (χ1) is 9.93. The minimum Gasteiger partial charge on any atom is -0.464 e. The lowest BCUT2D eigenvalue weighted by molar-refractivity contribution is 0.582. The van der Waals surface area contributed by atoms with Gasteiger partial charge in [-0.2, -0.15) is 5.10 Å². The van der Waals surface area contributed by atoms with Crippen molar-refractivity contribution in [1.29, 1.82) is 0 Å². The summed E-state index contributed by atoms with van der Waals surface area (Å²) in [6, 6.07) is 3.74. The van der Waals surface area contributed by atoms with Gasteiger partial charge in [0.15, 0.2) is 5.82 Å². The van der Waals surface area contributed by atoms with E-state index >= 15 is 0 Å². The molecule has 4 aromatic heterocycles. The van der Waals surface area contributed by atoms with Crippen molar-refractivity contribution in [3.05, 3.63) is 42.4 Å². The molecule has 0 radical (unpaired) electrons. The van der Waals surface area contributed by atoms with Crippen molar-refractivity contribution in [2.45, 2.75) is 0 Å². The summed E-state index contributed by atoms with van der Waals surface area (Å²) in [5.41, 5.74) is 2.41. The number of imidazole rings is 1. The molecule has 6 nitrogen and oxygen atoms in total. The van der Waals surface area contributed by atoms with Crippen molar-refractivity contribution in [3.8, 4) is 33.5 Å². The van der Waals surface area contributed by atoms with Crippen LogP contribution < -0.4 is 0 Å². The molecule has 2 N–H and O–H groups in total. The summed E-state index contributed by atoms with van der Waals surface area (Å²) in [7, 11) is 0. The molecule has 4 rings (SSSR count). The Labute approximate surface area is 117 Å². The van der Waals surface area contributed by atoms with E-state index in [-0.39, 0.29) is 0 Å². The molecule has 0 saturated carbocycles. The Morgan fingerprint density at radius 3 is 2.90 bits per heavy atom. The second kappa shape index (κ2) is 4.46. The van der Waals surface area contributed by atoms with Crippen LogP contribution in [0.25, 0.3) is 33.5 Å². The second-order valence-corrected chi connectivity index (χ2v) is 4.97. The minimum absolute atomic E-state index is 0.690. The van der Waals surface area contributed by atoms with Gasteiger partial charge < -0.3 is 9.40 Å². The second-order valence-electron chi connectivity index (χ2n) is 4.07. The van der Waals surface area contributed by atoms with Gasteiger partial charge in [0.05, 0.1) is 11.8 Å². The highest BCUT2D eigenvalue weighted by Crippen LogP contribution is 2.37. The molecule has 0 atom stereocenters. The Hall–Kier alpha value is -2.67. The number of hydrogen-bond donors (Lipinski definition) is 2. The normalized spacial score (nSPS) is 11.0. The zero-order valence-corrected chi connectivity index (χ0v) is 11.0. The van der Waals surface area contributed by atoms with E-state index in [9.17, 15) is 0 Å². The standard InChI is InChI=1S/C13H9N5OS/c1-2-8(19-6-1)9-10(12-14-3-4-15-12)17-18-11(9)13-16-5-7-20-13/h1-7H,(H,14,15)(H,17,18). The summed E-state index contributed by atoms with van der Waals surface area (Å²) in [6.07, 6.45) is 6.86. The molecule has 0 unspecified atom stereocenters. The average molecular weight is 283 g/mol. The highest BCUT2D eigenvalue weighted by atomic mass is 32.1. The molecule has 0 aliphatic rings. The monoisotopic (exact) mass is 283 g/mol. The van der Waals surface area contributed by atoms with E-state index in [1.807, 2.05) is 17.5 Å². The van der Waals surface area contributed by atoms with E-state index in [2.05, 4.69) is 25.1 Å². The number of hydrogen-bond acceptors (Lipinski definition) is 5. The summed E-state index contributed by atoms with van der Waals surface area (Å²) >= 11 is 1.54. The van der Waals surface area contributed by atoms with Crippen LogP contribution >= 0.6 is 11.3 Å². The predicted octanol–water partition coefficient (Wildman–Crippen LogP) is 3.18.